The molecule has 218 valence electrons. The molecule has 3 fully saturated rings. The van der Waals surface area contributed by atoms with Gasteiger partial charge in [-0.1, -0.05) is 0 Å². The second-order valence-electron chi connectivity index (χ2n) is 11.3. The molecular weight excluding hydrogens is 549 g/mol. The van der Waals surface area contributed by atoms with E-state index in [0.29, 0.717) is 25.3 Å². The van der Waals surface area contributed by atoms with Crippen molar-refractivity contribution in [2.24, 2.45) is 0 Å². The average molecular weight is 578 g/mol. The molecule has 0 radical (unpaired) electrons. The number of anilines is 3. The summed E-state index contributed by atoms with van der Waals surface area (Å²) in [6, 6.07) is 0.517. The summed E-state index contributed by atoms with van der Waals surface area (Å²) in [5.74, 6) is -1.92. The molecule has 4 aliphatic heterocycles. The van der Waals surface area contributed by atoms with Gasteiger partial charge in [-0.25, -0.2) is 18.7 Å². The number of nitrogens with one attached hydrogen (secondary N) is 1. The van der Waals surface area contributed by atoms with Crippen molar-refractivity contribution in [1.29, 1.82) is 0 Å². The topological polar surface area (TPSA) is 113 Å². The molecule has 14 heteroatoms. The fraction of sp³-hybridized carbons (Fsp3) is 0.519. The molecule has 0 saturated carbocycles. The molecule has 3 aromatic rings. The number of hydrogen-bond donors (Lipinski definition) is 3. The number of piperazine rings is 1. The number of benzene rings is 1. The lowest BCUT2D eigenvalue weighted by atomic mass is 9.96. The van der Waals surface area contributed by atoms with Gasteiger partial charge in [0.1, 0.15) is 34.3 Å². The third kappa shape index (κ3) is 3.83. The van der Waals surface area contributed by atoms with E-state index in [1.54, 1.807) is 4.90 Å². The Bertz CT molecular complexity index is 1580. The SMILES string of the molecule is Cc1c(F)c(N)cc(-c2nc3c4c(nc(N5CC[C@@H]5CO)nc4c2F)N2C[C@H]4CC[C@H](N4)[C@H]2[C@H](C)O3)c1C(F)(F)F. The molecule has 2 bridgehead atoms. The zero-order chi connectivity index (χ0) is 29.0. The molecule has 2 aromatic heterocycles. The highest BCUT2D eigenvalue weighted by Crippen LogP contribution is 2.47. The zero-order valence-electron chi connectivity index (χ0n) is 22.3. The molecular formula is C27H28F5N7O2. The number of fused-ring (bicyclic) bond motifs is 5. The van der Waals surface area contributed by atoms with E-state index >= 15 is 4.39 Å². The van der Waals surface area contributed by atoms with Gasteiger partial charge in [0.05, 0.1) is 29.9 Å². The molecule has 9 nitrogen and oxygen atoms in total. The second-order valence-corrected chi connectivity index (χ2v) is 11.3. The molecule has 4 aliphatic rings. The van der Waals surface area contributed by atoms with E-state index in [1.165, 1.54) is 0 Å². The number of alkyl halides is 3. The predicted molar refractivity (Wildman–Crippen MR) is 141 cm³/mol. The number of rotatable bonds is 3. The molecule has 6 heterocycles. The van der Waals surface area contributed by atoms with E-state index in [4.69, 9.17) is 15.5 Å². The monoisotopic (exact) mass is 577 g/mol. The highest BCUT2D eigenvalue weighted by Gasteiger charge is 2.48. The number of hydrogen-bond acceptors (Lipinski definition) is 9. The van der Waals surface area contributed by atoms with E-state index in [2.05, 4.69) is 20.2 Å². The lowest BCUT2D eigenvalue weighted by molar-refractivity contribution is -0.137. The van der Waals surface area contributed by atoms with Crippen LogP contribution in [0.25, 0.3) is 22.2 Å². The molecule has 0 aliphatic carbocycles. The van der Waals surface area contributed by atoms with Gasteiger partial charge in [0.2, 0.25) is 11.8 Å². The number of pyridine rings is 1. The number of nitrogens with zero attached hydrogens (tertiary/aromatic N) is 5. The number of nitrogen functional groups attached to an aromatic ring is 1. The highest BCUT2D eigenvalue weighted by atomic mass is 19.4. The first kappa shape index (κ1) is 26.4. The third-order valence-corrected chi connectivity index (χ3v) is 8.91. The van der Waals surface area contributed by atoms with Crippen molar-refractivity contribution < 1.29 is 31.8 Å². The van der Waals surface area contributed by atoms with Crippen LogP contribution in [0.2, 0.25) is 0 Å². The quantitative estimate of drug-likeness (QED) is 0.318. The molecule has 7 rings (SSSR count). The fourth-order valence-corrected chi connectivity index (χ4v) is 6.87. The number of halogens is 5. The van der Waals surface area contributed by atoms with E-state index in [0.717, 1.165) is 25.8 Å². The fourth-order valence-electron chi connectivity index (χ4n) is 6.87. The van der Waals surface area contributed by atoms with Gasteiger partial charge in [-0.3, -0.25) is 0 Å². The first-order valence-corrected chi connectivity index (χ1v) is 13.6. The Morgan fingerprint density at radius 2 is 1.90 bits per heavy atom. The van der Waals surface area contributed by atoms with Gasteiger partial charge in [-0.15, -0.1) is 0 Å². The molecule has 1 aromatic carbocycles. The van der Waals surface area contributed by atoms with Crippen LogP contribution in [0.5, 0.6) is 5.88 Å². The van der Waals surface area contributed by atoms with Crippen molar-refractivity contribution in [3.63, 3.8) is 0 Å². The summed E-state index contributed by atoms with van der Waals surface area (Å²) in [6.45, 7) is 3.72. The van der Waals surface area contributed by atoms with Gasteiger partial charge in [0.15, 0.2) is 5.82 Å². The van der Waals surface area contributed by atoms with Crippen LogP contribution < -0.4 is 25.6 Å². The summed E-state index contributed by atoms with van der Waals surface area (Å²) in [5.41, 5.74) is 1.36. The summed E-state index contributed by atoms with van der Waals surface area (Å²) in [7, 11) is 0. The lowest BCUT2D eigenvalue weighted by Gasteiger charge is -2.43. The second kappa shape index (κ2) is 8.99. The summed E-state index contributed by atoms with van der Waals surface area (Å²) >= 11 is 0. The normalized spacial score (nSPS) is 27.0. The number of nitrogens with two attached hydrogens (primary N) is 1. The molecule has 3 saturated heterocycles. The van der Waals surface area contributed by atoms with Crippen LogP contribution in [-0.4, -0.2) is 70.0 Å². The van der Waals surface area contributed by atoms with Crippen molar-refractivity contribution in [3.05, 3.63) is 28.8 Å². The van der Waals surface area contributed by atoms with Crippen molar-refractivity contribution in [2.45, 2.75) is 69.6 Å². The Balaban J connectivity index is 1.53. The van der Waals surface area contributed by atoms with Crippen LogP contribution in [0.15, 0.2) is 6.07 Å². The first-order valence-electron chi connectivity index (χ1n) is 13.6. The number of ether oxygens (including phenoxy) is 1. The van der Waals surface area contributed by atoms with Gasteiger partial charge in [0, 0.05) is 30.7 Å². The largest absolute Gasteiger partial charge is 0.472 e. The maximum atomic E-state index is 16.6. The van der Waals surface area contributed by atoms with E-state index in [1.807, 2.05) is 6.92 Å². The van der Waals surface area contributed by atoms with Gasteiger partial charge in [-0.05, 0) is 44.7 Å². The van der Waals surface area contributed by atoms with Gasteiger partial charge in [-0.2, -0.15) is 18.2 Å². The number of aliphatic hydroxyl groups is 1. The summed E-state index contributed by atoms with van der Waals surface area (Å²) in [4.78, 5) is 17.4. The van der Waals surface area contributed by atoms with Crippen molar-refractivity contribution in [1.82, 2.24) is 20.3 Å². The number of aromatic nitrogens is 3. The Morgan fingerprint density at radius 3 is 2.59 bits per heavy atom. The molecule has 5 atom stereocenters. The van der Waals surface area contributed by atoms with Crippen LogP contribution in [-0.2, 0) is 6.18 Å². The summed E-state index contributed by atoms with van der Waals surface area (Å²) in [6.07, 6.45) is -2.99. The van der Waals surface area contributed by atoms with Crippen LogP contribution in [0, 0.1) is 18.6 Å². The summed E-state index contributed by atoms with van der Waals surface area (Å²) in [5, 5.41) is 13.6. The first-order chi connectivity index (χ1) is 19.5. The molecule has 0 amide bonds. The van der Waals surface area contributed by atoms with E-state index in [-0.39, 0.29) is 53.5 Å². The highest BCUT2D eigenvalue weighted by molar-refractivity contribution is 5.98. The van der Waals surface area contributed by atoms with Crippen LogP contribution >= 0.6 is 0 Å². The minimum absolute atomic E-state index is 0.0569. The maximum Gasteiger partial charge on any atom is 0.417 e. The maximum absolute atomic E-state index is 16.6. The minimum Gasteiger partial charge on any atom is -0.472 e. The minimum atomic E-state index is -5.03. The number of aliphatic hydroxyl groups excluding tert-OH is 1. The summed E-state index contributed by atoms with van der Waals surface area (Å²) < 4.78 is 80.2. The van der Waals surface area contributed by atoms with Crippen molar-refractivity contribution >= 4 is 28.4 Å². The molecule has 4 N–H and O–H groups in total. The van der Waals surface area contributed by atoms with E-state index < -0.39 is 52.0 Å². The Hall–Kier alpha value is -3.52. The molecule has 0 unspecified atom stereocenters. The van der Waals surface area contributed by atoms with Gasteiger partial charge < -0.3 is 30.7 Å². The Morgan fingerprint density at radius 1 is 1.12 bits per heavy atom. The smallest absolute Gasteiger partial charge is 0.417 e. The zero-order valence-corrected chi connectivity index (χ0v) is 22.3. The molecule has 0 spiro atoms. The Labute approximate surface area is 231 Å². The van der Waals surface area contributed by atoms with Gasteiger partial charge >= 0.3 is 6.18 Å². The average Bonchev–Trinajstić information content (AvgIpc) is 3.21. The van der Waals surface area contributed by atoms with Crippen molar-refractivity contribution in [2.75, 3.05) is 35.2 Å². The van der Waals surface area contributed by atoms with Crippen LogP contribution in [0.4, 0.5) is 39.4 Å². The standard InChI is InChI=1S/C27H28F5N7O2/c1-10-18(27(30,31)32)14(7-15(33)19(10)28)21-20(29)22-17-24(37-26(36-22)38-6-5-13(38)9-40)39-8-12-3-4-16(34-12)23(39)11(2)41-25(17)35-21/h7,11-13,16,23,34,40H,3-6,8-9,33H2,1-2H3/t11-,12+,13+,16-,23+/m0/s1. The predicted octanol–water partition coefficient (Wildman–Crippen LogP) is 3.54. The molecule has 41 heavy (non-hydrogen) atoms. The van der Waals surface area contributed by atoms with Crippen LogP contribution in [0.3, 0.4) is 0 Å². The lowest BCUT2D eigenvalue weighted by Crippen LogP contribution is -2.62. The van der Waals surface area contributed by atoms with E-state index in [9.17, 15) is 22.7 Å². The van der Waals surface area contributed by atoms with Crippen molar-refractivity contribution in [3.8, 4) is 17.1 Å². The third-order valence-electron chi connectivity index (χ3n) is 8.91. The van der Waals surface area contributed by atoms with Crippen LogP contribution in [0.1, 0.15) is 37.3 Å². The Kier molecular flexibility index (Phi) is 5.78. The van der Waals surface area contributed by atoms with Gasteiger partial charge in [0.25, 0.3) is 0 Å².